The molecule has 1 atom stereocenters. The van der Waals surface area contributed by atoms with E-state index in [1.807, 2.05) is 6.92 Å². The number of rotatable bonds is 4. The minimum absolute atomic E-state index is 0.0348. The predicted molar refractivity (Wildman–Crippen MR) is 94.2 cm³/mol. The highest BCUT2D eigenvalue weighted by Crippen LogP contribution is 2.34. The maximum Gasteiger partial charge on any atom is 0.247 e. The Morgan fingerprint density at radius 1 is 0.960 bits per heavy atom. The van der Waals surface area contributed by atoms with Gasteiger partial charge in [-0.1, -0.05) is 0 Å². The molecule has 0 N–H and O–H groups in total. The summed E-state index contributed by atoms with van der Waals surface area (Å²) in [5.41, 5.74) is 0. The zero-order valence-corrected chi connectivity index (χ0v) is 16.0. The molecule has 0 aromatic carbocycles. The Balaban J connectivity index is 1.50. The number of likely N-dealkylation sites (tertiary alicyclic amines) is 2. The molecule has 7 nitrogen and oxygen atoms in total. The lowest BCUT2D eigenvalue weighted by atomic mass is 9.79. The monoisotopic (exact) mass is 371 g/mol. The third-order valence-corrected chi connectivity index (χ3v) is 7.49. The summed E-state index contributed by atoms with van der Waals surface area (Å²) in [5, 5.41) is 0. The maximum absolute atomic E-state index is 12.4. The summed E-state index contributed by atoms with van der Waals surface area (Å²) in [7, 11) is -3.07. The highest BCUT2D eigenvalue weighted by molar-refractivity contribution is 7.88. The fraction of sp³-hybridized carbons (Fsp3) is 0.882. The molecule has 3 fully saturated rings. The van der Waals surface area contributed by atoms with Crippen molar-refractivity contribution in [2.45, 2.75) is 45.1 Å². The standard InChI is InChI=1S/C17H29N3O4S/c1-3-20-16(21)12-15(17(20)22)18-8-4-13(5-9-18)14-6-10-19(11-7-14)25(2,23)24/h13-15H,3-12H2,1-2H3. The van der Waals surface area contributed by atoms with Crippen LogP contribution in [0.2, 0.25) is 0 Å². The second kappa shape index (κ2) is 7.32. The van der Waals surface area contributed by atoms with E-state index in [0.717, 1.165) is 38.8 Å². The van der Waals surface area contributed by atoms with E-state index < -0.39 is 10.0 Å². The van der Waals surface area contributed by atoms with Gasteiger partial charge in [0.2, 0.25) is 21.8 Å². The van der Waals surface area contributed by atoms with E-state index in [1.54, 1.807) is 4.31 Å². The van der Waals surface area contributed by atoms with E-state index in [2.05, 4.69) is 4.90 Å². The highest BCUT2D eigenvalue weighted by Gasteiger charge is 2.42. The summed E-state index contributed by atoms with van der Waals surface area (Å²) < 4.78 is 24.8. The van der Waals surface area contributed by atoms with Crippen LogP contribution in [0.5, 0.6) is 0 Å². The van der Waals surface area contributed by atoms with Gasteiger partial charge in [0, 0.05) is 19.6 Å². The summed E-state index contributed by atoms with van der Waals surface area (Å²) in [5.74, 6) is 1.10. The number of sulfonamides is 1. The largest absolute Gasteiger partial charge is 0.292 e. The van der Waals surface area contributed by atoms with Crippen molar-refractivity contribution in [3.63, 3.8) is 0 Å². The molecule has 8 heteroatoms. The quantitative estimate of drug-likeness (QED) is 0.673. The van der Waals surface area contributed by atoms with E-state index in [9.17, 15) is 18.0 Å². The van der Waals surface area contributed by atoms with E-state index in [0.29, 0.717) is 37.9 Å². The predicted octanol–water partition coefficient (Wildman–Crippen LogP) is 0.517. The van der Waals surface area contributed by atoms with Gasteiger partial charge in [0.25, 0.3) is 0 Å². The number of nitrogens with zero attached hydrogens (tertiary/aromatic N) is 3. The zero-order valence-electron chi connectivity index (χ0n) is 15.2. The zero-order chi connectivity index (χ0) is 18.2. The fourth-order valence-corrected chi connectivity index (χ4v) is 5.54. The van der Waals surface area contributed by atoms with Crippen LogP contribution in [-0.4, -0.2) is 79.4 Å². The van der Waals surface area contributed by atoms with Crippen molar-refractivity contribution in [2.24, 2.45) is 11.8 Å². The third kappa shape index (κ3) is 3.90. The SMILES string of the molecule is CCN1C(=O)CC(N2CCC(C3CCN(S(C)(=O)=O)CC3)CC2)C1=O. The lowest BCUT2D eigenvalue weighted by Gasteiger charge is -2.40. The van der Waals surface area contributed by atoms with Crippen LogP contribution in [0.25, 0.3) is 0 Å². The smallest absolute Gasteiger partial charge is 0.247 e. The van der Waals surface area contributed by atoms with Crippen molar-refractivity contribution >= 4 is 21.8 Å². The molecule has 0 bridgehead atoms. The molecular weight excluding hydrogens is 342 g/mol. The van der Waals surface area contributed by atoms with Crippen molar-refractivity contribution in [1.82, 2.24) is 14.1 Å². The normalized spacial score (nSPS) is 28.9. The Hall–Kier alpha value is -0.990. The van der Waals surface area contributed by atoms with Crippen LogP contribution in [0, 0.1) is 11.8 Å². The van der Waals surface area contributed by atoms with Crippen molar-refractivity contribution < 1.29 is 18.0 Å². The van der Waals surface area contributed by atoms with Crippen molar-refractivity contribution in [2.75, 3.05) is 39.0 Å². The Labute approximate surface area is 150 Å². The number of likely N-dealkylation sites (N-methyl/N-ethyl adjacent to an activating group) is 1. The van der Waals surface area contributed by atoms with Gasteiger partial charge in [-0.15, -0.1) is 0 Å². The number of carbonyl (C=O) groups is 2. The fourth-order valence-electron chi connectivity index (χ4n) is 4.66. The Bertz CT molecular complexity index is 620. The van der Waals surface area contributed by atoms with E-state index >= 15 is 0 Å². The van der Waals surface area contributed by atoms with Gasteiger partial charge >= 0.3 is 0 Å². The van der Waals surface area contributed by atoms with Crippen LogP contribution in [0.3, 0.4) is 0 Å². The van der Waals surface area contributed by atoms with Crippen molar-refractivity contribution in [3.05, 3.63) is 0 Å². The van der Waals surface area contributed by atoms with Crippen LogP contribution < -0.4 is 0 Å². The second-order valence-corrected chi connectivity index (χ2v) is 9.55. The first kappa shape index (κ1) is 18.8. The third-order valence-electron chi connectivity index (χ3n) is 6.19. The Kier molecular flexibility index (Phi) is 5.51. The molecule has 3 heterocycles. The van der Waals surface area contributed by atoms with Crippen LogP contribution in [0.4, 0.5) is 0 Å². The minimum atomic E-state index is -3.07. The molecule has 3 rings (SSSR count). The van der Waals surface area contributed by atoms with E-state index in [1.165, 1.54) is 11.2 Å². The minimum Gasteiger partial charge on any atom is -0.292 e. The van der Waals surface area contributed by atoms with Gasteiger partial charge in [0.1, 0.15) is 0 Å². The van der Waals surface area contributed by atoms with Gasteiger partial charge in [-0.2, -0.15) is 0 Å². The lowest BCUT2D eigenvalue weighted by Crippen LogP contribution is -2.47. The first-order valence-corrected chi connectivity index (χ1v) is 11.2. The van der Waals surface area contributed by atoms with Gasteiger partial charge in [-0.05, 0) is 57.5 Å². The molecule has 0 aromatic rings. The highest BCUT2D eigenvalue weighted by atomic mass is 32.2. The molecule has 3 saturated heterocycles. The van der Waals surface area contributed by atoms with Gasteiger partial charge in [0.05, 0.1) is 18.7 Å². The maximum atomic E-state index is 12.4. The molecule has 3 aliphatic rings. The Morgan fingerprint density at radius 2 is 1.48 bits per heavy atom. The molecule has 0 radical (unpaired) electrons. The average molecular weight is 372 g/mol. The molecule has 0 saturated carbocycles. The summed E-state index contributed by atoms with van der Waals surface area (Å²) in [6.45, 7) is 5.28. The molecule has 0 spiro atoms. The summed E-state index contributed by atoms with van der Waals surface area (Å²) in [6, 6.07) is -0.263. The number of hydrogen-bond acceptors (Lipinski definition) is 5. The van der Waals surface area contributed by atoms with Gasteiger partial charge in [-0.25, -0.2) is 12.7 Å². The molecular formula is C17H29N3O4S. The van der Waals surface area contributed by atoms with Crippen LogP contribution >= 0.6 is 0 Å². The van der Waals surface area contributed by atoms with Gasteiger partial charge in [0.15, 0.2) is 0 Å². The molecule has 2 amide bonds. The van der Waals surface area contributed by atoms with Crippen LogP contribution in [0.1, 0.15) is 39.0 Å². The summed E-state index contributed by atoms with van der Waals surface area (Å²) >= 11 is 0. The van der Waals surface area contributed by atoms with E-state index in [-0.39, 0.29) is 17.9 Å². The van der Waals surface area contributed by atoms with Gasteiger partial charge in [-0.3, -0.25) is 19.4 Å². The van der Waals surface area contributed by atoms with Crippen molar-refractivity contribution in [1.29, 1.82) is 0 Å². The topological polar surface area (TPSA) is 78.0 Å². The number of amides is 2. The van der Waals surface area contributed by atoms with Crippen molar-refractivity contribution in [3.8, 4) is 0 Å². The molecule has 142 valence electrons. The van der Waals surface area contributed by atoms with Crippen LogP contribution in [0.15, 0.2) is 0 Å². The Morgan fingerprint density at radius 3 is 1.92 bits per heavy atom. The molecule has 3 aliphatic heterocycles. The van der Waals surface area contributed by atoms with Crippen LogP contribution in [-0.2, 0) is 19.6 Å². The van der Waals surface area contributed by atoms with E-state index in [4.69, 9.17) is 0 Å². The first-order chi connectivity index (χ1) is 11.8. The molecule has 25 heavy (non-hydrogen) atoms. The number of carbonyl (C=O) groups excluding carboxylic acids is 2. The first-order valence-electron chi connectivity index (χ1n) is 9.34. The summed E-state index contributed by atoms with van der Waals surface area (Å²) in [6.07, 6.45) is 5.54. The molecule has 1 unspecified atom stereocenters. The number of piperidine rings is 2. The number of hydrogen-bond donors (Lipinski definition) is 0. The second-order valence-electron chi connectivity index (χ2n) is 7.57. The average Bonchev–Trinajstić information content (AvgIpc) is 2.88. The lowest BCUT2D eigenvalue weighted by molar-refractivity contribution is -0.139. The number of imide groups is 1. The molecule has 0 aromatic heterocycles. The summed E-state index contributed by atoms with van der Waals surface area (Å²) in [4.78, 5) is 27.8. The van der Waals surface area contributed by atoms with Gasteiger partial charge < -0.3 is 0 Å². The molecule has 0 aliphatic carbocycles.